The average molecular weight is 406 g/mol. The minimum absolute atomic E-state index is 0.0190. The Morgan fingerprint density at radius 3 is 2.50 bits per heavy atom. The summed E-state index contributed by atoms with van der Waals surface area (Å²) in [5.74, 6) is -0.0506. The van der Waals surface area contributed by atoms with E-state index in [1.54, 1.807) is 6.92 Å². The predicted molar refractivity (Wildman–Crippen MR) is 100 cm³/mol. The van der Waals surface area contributed by atoms with Crippen LogP contribution in [0.3, 0.4) is 0 Å². The normalized spacial score (nSPS) is 11.3. The summed E-state index contributed by atoms with van der Waals surface area (Å²) in [5.41, 5.74) is 0.608. The van der Waals surface area contributed by atoms with Crippen LogP contribution in [0.1, 0.15) is 33.0 Å². The first-order chi connectivity index (χ1) is 13.2. The third-order valence-corrected chi connectivity index (χ3v) is 4.34. The van der Waals surface area contributed by atoms with Crippen LogP contribution in [0.5, 0.6) is 0 Å². The number of carbonyl (C=O) groups excluding carboxylic acids is 1. The fourth-order valence-corrected chi connectivity index (χ4v) is 2.85. The van der Waals surface area contributed by atoms with Crippen molar-refractivity contribution in [3.8, 4) is 0 Å². The maximum absolute atomic E-state index is 13.0. The summed E-state index contributed by atoms with van der Waals surface area (Å²) < 4.78 is 38.9. The van der Waals surface area contributed by atoms with Gasteiger partial charge in [-0.05, 0) is 30.7 Å². The van der Waals surface area contributed by atoms with Crippen molar-refractivity contribution in [2.24, 2.45) is 0 Å². The predicted octanol–water partition coefficient (Wildman–Crippen LogP) is 5.30. The van der Waals surface area contributed by atoms with E-state index >= 15 is 0 Å². The van der Waals surface area contributed by atoms with E-state index < -0.39 is 22.7 Å². The van der Waals surface area contributed by atoms with Crippen LogP contribution < -0.4 is 5.32 Å². The minimum Gasteiger partial charge on any atom is -0.322 e. The molecule has 0 radical (unpaired) electrons. The van der Waals surface area contributed by atoms with Crippen molar-refractivity contribution >= 4 is 23.2 Å². The second-order valence-corrected chi connectivity index (χ2v) is 6.50. The third-order valence-electron chi connectivity index (χ3n) is 4.01. The molecule has 8 heteroatoms. The molecule has 1 aromatic heterocycles. The van der Waals surface area contributed by atoms with Gasteiger partial charge >= 0.3 is 6.18 Å². The van der Waals surface area contributed by atoms with Gasteiger partial charge in [0.25, 0.3) is 5.91 Å². The molecule has 1 N–H and O–H groups in total. The van der Waals surface area contributed by atoms with Crippen LogP contribution in [-0.2, 0) is 12.6 Å². The molecule has 0 saturated heterocycles. The van der Waals surface area contributed by atoms with E-state index in [1.165, 1.54) is 12.3 Å². The molecule has 1 amide bonds. The number of anilines is 1. The van der Waals surface area contributed by atoms with Gasteiger partial charge in [-0.1, -0.05) is 41.9 Å². The molecule has 4 nitrogen and oxygen atoms in total. The smallest absolute Gasteiger partial charge is 0.322 e. The monoisotopic (exact) mass is 405 g/mol. The Hall–Kier alpha value is -2.93. The Morgan fingerprint density at radius 1 is 1.14 bits per heavy atom. The summed E-state index contributed by atoms with van der Waals surface area (Å²) in [4.78, 5) is 21.0. The number of aryl methyl sites for hydroxylation is 1. The molecule has 0 bridgehead atoms. The SMILES string of the molecule is Cc1nc(Cc2ccccc2)ncc1C(=O)Nc1ccc(Cl)c(C(F)(F)F)c1. The second kappa shape index (κ2) is 7.98. The zero-order valence-electron chi connectivity index (χ0n) is 14.7. The van der Waals surface area contributed by atoms with Gasteiger partial charge < -0.3 is 5.32 Å². The molecule has 0 aliphatic rings. The van der Waals surface area contributed by atoms with E-state index in [-0.39, 0.29) is 11.3 Å². The van der Waals surface area contributed by atoms with Crippen molar-refractivity contribution in [2.75, 3.05) is 5.32 Å². The van der Waals surface area contributed by atoms with E-state index in [0.29, 0.717) is 17.9 Å². The first-order valence-electron chi connectivity index (χ1n) is 8.28. The maximum Gasteiger partial charge on any atom is 0.417 e. The largest absolute Gasteiger partial charge is 0.417 e. The number of amides is 1. The maximum atomic E-state index is 13.0. The summed E-state index contributed by atoms with van der Waals surface area (Å²) in [5, 5.41) is 2.00. The topological polar surface area (TPSA) is 54.9 Å². The summed E-state index contributed by atoms with van der Waals surface area (Å²) >= 11 is 5.59. The van der Waals surface area contributed by atoms with Crippen molar-refractivity contribution < 1.29 is 18.0 Å². The average Bonchev–Trinajstić information content (AvgIpc) is 2.63. The van der Waals surface area contributed by atoms with Crippen molar-refractivity contribution in [2.45, 2.75) is 19.5 Å². The number of alkyl halides is 3. The molecule has 3 aromatic rings. The van der Waals surface area contributed by atoms with Gasteiger partial charge in [0, 0.05) is 18.3 Å². The molecule has 0 atom stereocenters. The number of rotatable bonds is 4. The Morgan fingerprint density at radius 2 is 1.86 bits per heavy atom. The van der Waals surface area contributed by atoms with Gasteiger partial charge in [-0.25, -0.2) is 9.97 Å². The Labute approximate surface area is 164 Å². The number of nitrogens with one attached hydrogen (secondary N) is 1. The second-order valence-electron chi connectivity index (χ2n) is 6.09. The Balaban J connectivity index is 1.78. The highest BCUT2D eigenvalue weighted by atomic mass is 35.5. The highest BCUT2D eigenvalue weighted by Crippen LogP contribution is 2.36. The number of halogens is 4. The molecule has 3 rings (SSSR count). The van der Waals surface area contributed by atoms with Crippen LogP contribution in [0.15, 0.2) is 54.7 Å². The van der Waals surface area contributed by atoms with Gasteiger partial charge in [-0.3, -0.25) is 4.79 Å². The summed E-state index contributed by atoms with van der Waals surface area (Å²) in [7, 11) is 0. The fraction of sp³-hybridized carbons (Fsp3) is 0.150. The number of nitrogens with zero attached hydrogens (tertiary/aromatic N) is 2. The van der Waals surface area contributed by atoms with E-state index in [1.807, 2.05) is 30.3 Å². The van der Waals surface area contributed by atoms with Crippen molar-refractivity contribution in [1.29, 1.82) is 0 Å². The molecule has 0 aliphatic carbocycles. The van der Waals surface area contributed by atoms with E-state index in [0.717, 1.165) is 17.7 Å². The van der Waals surface area contributed by atoms with Gasteiger partial charge in [0.15, 0.2) is 0 Å². The van der Waals surface area contributed by atoms with Gasteiger partial charge in [0.2, 0.25) is 0 Å². The first-order valence-corrected chi connectivity index (χ1v) is 8.66. The van der Waals surface area contributed by atoms with Crippen molar-refractivity contribution in [3.63, 3.8) is 0 Å². The number of benzene rings is 2. The van der Waals surface area contributed by atoms with Crippen LogP contribution in [0.4, 0.5) is 18.9 Å². The summed E-state index contributed by atoms with van der Waals surface area (Å²) in [6, 6.07) is 12.8. The van der Waals surface area contributed by atoms with Gasteiger partial charge in [-0.15, -0.1) is 0 Å². The molecule has 144 valence electrons. The highest BCUT2D eigenvalue weighted by Gasteiger charge is 2.33. The number of carbonyl (C=O) groups is 1. The molecule has 2 aromatic carbocycles. The van der Waals surface area contributed by atoms with E-state index in [2.05, 4.69) is 15.3 Å². The van der Waals surface area contributed by atoms with Crippen LogP contribution >= 0.6 is 11.6 Å². The summed E-state index contributed by atoms with van der Waals surface area (Å²) in [6.07, 6.45) is -2.73. The van der Waals surface area contributed by atoms with Crippen molar-refractivity contribution in [1.82, 2.24) is 9.97 Å². The molecular weight excluding hydrogens is 391 g/mol. The molecule has 0 aliphatic heterocycles. The lowest BCUT2D eigenvalue weighted by Crippen LogP contribution is -2.16. The molecule has 0 unspecified atom stereocenters. The molecule has 0 saturated carbocycles. The fourth-order valence-electron chi connectivity index (χ4n) is 2.62. The van der Waals surface area contributed by atoms with Gasteiger partial charge in [0.1, 0.15) is 5.82 Å². The lowest BCUT2D eigenvalue weighted by molar-refractivity contribution is -0.137. The van der Waals surface area contributed by atoms with Gasteiger partial charge in [0.05, 0.1) is 21.8 Å². The molecular formula is C20H15ClF3N3O. The number of hydrogen-bond acceptors (Lipinski definition) is 3. The van der Waals surface area contributed by atoms with Crippen LogP contribution in [0.2, 0.25) is 5.02 Å². The summed E-state index contributed by atoms with van der Waals surface area (Å²) in [6.45, 7) is 1.65. The zero-order valence-corrected chi connectivity index (χ0v) is 15.5. The quantitative estimate of drug-likeness (QED) is 0.640. The van der Waals surface area contributed by atoms with Crippen LogP contribution in [0, 0.1) is 6.92 Å². The standard InChI is InChI=1S/C20H15ClF3N3O/c1-12-15(11-25-18(26-12)9-13-5-3-2-4-6-13)19(28)27-14-7-8-17(21)16(10-14)20(22,23)24/h2-8,10-11H,9H2,1H3,(H,27,28). The molecule has 0 fully saturated rings. The highest BCUT2D eigenvalue weighted by molar-refractivity contribution is 6.31. The number of aromatic nitrogens is 2. The lowest BCUT2D eigenvalue weighted by Gasteiger charge is -2.12. The lowest BCUT2D eigenvalue weighted by atomic mass is 10.1. The minimum atomic E-state index is -4.62. The van der Waals surface area contributed by atoms with Crippen LogP contribution in [0.25, 0.3) is 0 Å². The van der Waals surface area contributed by atoms with Crippen molar-refractivity contribution in [3.05, 3.63) is 88.0 Å². The zero-order chi connectivity index (χ0) is 20.3. The molecule has 1 heterocycles. The molecule has 0 spiro atoms. The van der Waals surface area contributed by atoms with Crippen LogP contribution in [-0.4, -0.2) is 15.9 Å². The first kappa shape index (κ1) is 19.8. The van der Waals surface area contributed by atoms with Gasteiger partial charge in [-0.2, -0.15) is 13.2 Å². The third kappa shape index (κ3) is 4.67. The van der Waals surface area contributed by atoms with E-state index in [9.17, 15) is 18.0 Å². The Kier molecular flexibility index (Phi) is 5.65. The Bertz CT molecular complexity index is 1010. The molecule has 28 heavy (non-hydrogen) atoms. The number of hydrogen-bond donors (Lipinski definition) is 1. The van der Waals surface area contributed by atoms with E-state index in [4.69, 9.17) is 11.6 Å².